The van der Waals surface area contributed by atoms with Gasteiger partial charge in [-0.05, 0) is 19.8 Å². The van der Waals surface area contributed by atoms with Gasteiger partial charge in [0, 0.05) is 19.1 Å². The van der Waals surface area contributed by atoms with E-state index in [2.05, 4.69) is 16.7 Å². The summed E-state index contributed by atoms with van der Waals surface area (Å²) >= 11 is 0. The zero-order valence-electron chi connectivity index (χ0n) is 7.14. The molecule has 2 N–H and O–H groups in total. The highest BCUT2D eigenvalue weighted by molar-refractivity contribution is 4.98. The lowest BCUT2D eigenvalue weighted by Gasteiger charge is -2.28. The first-order chi connectivity index (χ1) is 5.33. The van der Waals surface area contributed by atoms with E-state index in [-0.39, 0.29) is 0 Å². The highest BCUT2D eigenvalue weighted by Crippen LogP contribution is 2.06. The second kappa shape index (κ2) is 4.38. The van der Waals surface area contributed by atoms with Crippen LogP contribution in [0, 0.1) is 11.8 Å². The summed E-state index contributed by atoms with van der Waals surface area (Å²) in [5.41, 5.74) is 5.76. The Bertz CT molecular complexity index is 158. The van der Waals surface area contributed by atoms with Crippen LogP contribution in [0.3, 0.4) is 0 Å². The van der Waals surface area contributed by atoms with Crippen molar-refractivity contribution in [3.8, 4) is 11.8 Å². The summed E-state index contributed by atoms with van der Waals surface area (Å²) < 4.78 is 0. The third kappa shape index (κ3) is 2.92. The van der Waals surface area contributed by atoms with Crippen LogP contribution < -0.4 is 5.73 Å². The highest BCUT2D eigenvalue weighted by Gasteiger charge is 2.14. The van der Waals surface area contributed by atoms with E-state index in [1.54, 1.807) is 0 Å². The molecule has 2 nitrogen and oxygen atoms in total. The third-order valence-electron chi connectivity index (χ3n) is 2.11. The zero-order chi connectivity index (χ0) is 8.10. The van der Waals surface area contributed by atoms with Gasteiger partial charge in [0.25, 0.3) is 0 Å². The van der Waals surface area contributed by atoms with E-state index in [9.17, 15) is 0 Å². The Hall–Kier alpha value is -0.520. The van der Waals surface area contributed by atoms with E-state index >= 15 is 0 Å². The molecule has 0 spiro atoms. The lowest BCUT2D eigenvalue weighted by molar-refractivity contribution is 0.236. The van der Waals surface area contributed by atoms with Gasteiger partial charge >= 0.3 is 0 Å². The van der Waals surface area contributed by atoms with Gasteiger partial charge in [0.05, 0.1) is 6.54 Å². The molecule has 0 bridgehead atoms. The molecule has 1 aliphatic rings. The van der Waals surface area contributed by atoms with Gasteiger partial charge in [-0.15, -0.1) is 5.92 Å². The Labute approximate surface area is 68.8 Å². The summed E-state index contributed by atoms with van der Waals surface area (Å²) in [5.74, 6) is 5.97. The van der Waals surface area contributed by atoms with Crippen LogP contribution in [0.1, 0.15) is 19.8 Å². The molecule has 0 amide bonds. The molecule has 1 rings (SSSR count). The standard InChI is InChI=1S/C9H16N2/c1-2-3-6-11-7-4-9(10)5-8-11/h9H,4-8,10H2,1H3. The first-order valence-electron chi connectivity index (χ1n) is 4.20. The second-order valence-electron chi connectivity index (χ2n) is 3.04. The Kier molecular flexibility index (Phi) is 3.41. The van der Waals surface area contributed by atoms with E-state index < -0.39 is 0 Å². The lowest BCUT2D eigenvalue weighted by atomic mass is 10.1. The van der Waals surface area contributed by atoms with E-state index in [4.69, 9.17) is 5.73 Å². The monoisotopic (exact) mass is 152 g/mol. The smallest absolute Gasteiger partial charge is 0.0601 e. The van der Waals surface area contributed by atoms with Crippen molar-refractivity contribution >= 4 is 0 Å². The number of likely N-dealkylation sites (tertiary alicyclic amines) is 1. The molecule has 2 heteroatoms. The van der Waals surface area contributed by atoms with Crippen molar-refractivity contribution in [3.63, 3.8) is 0 Å². The van der Waals surface area contributed by atoms with Crippen LogP contribution in [0.5, 0.6) is 0 Å². The third-order valence-corrected chi connectivity index (χ3v) is 2.11. The number of hydrogen-bond acceptors (Lipinski definition) is 2. The van der Waals surface area contributed by atoms with Gasteiger partial charge in [0.15, 0.2) is 0 Å². The molecular formula is C9H16N2. The number of piperidine rings is 1. The summed E-state index contributed by atoms with van der Waals surface area (Å²) in [6.07, 6.45) is 2.26. The summed E-state index contributed by atoms with van der Waals surface area (Å²) in [5, 5.41) is 0. The molecule has 1 heterocycles. The molecule has 11 heavy (non-hydrogen) atoms. The molecule has 0 radical (unpaired) electrons. The van der Waals surface area contributed by atoms with Crippen molar-refractivity contribution < 1.29 is 0 Å². The fourth-order valence-corrected chi connectivity index (χ4v) is 1.30. The average molecular weight is 152 g/mol. The second-order valence-corrected chi connectivity index (χ2v) is 3.04. The summed E-state index contributed by atoms with van der Waals surface area (Å²) in [6.45, 7) is 5.05. The Balaban J connectivity index is 2.20. The van der Waals surface area contributed by atoms with Gasteiger partial charge < -0.3 is 5.73 Å². The van der Waals surface area contributed by atoms with E-state index in [1.165, 1.54) is 0 Å². The first-order valence-corrected chi connectivity index (χ1v) is 4.20. The topological polar surface area (TPSA) is 29.3 Å². The molecule has 1 saturated heterocycles. The van der Waals surface area contributed by atoms with E-state index in [1.807, 2.05) is 6.92 Å². The maximum atomic E-state index is 5.76. The number of nitrogens with two attached hydrogens (primary N) is 1. The van der Waals surface area contributed by atoms with Crippen molar-refractivity contribution in [2.75, 3.05) is 19.6 Å². The molecular weight excluding hydrogens is 136 g/mol. The maximum Gasteiger partial charge on any atom is 0.0601 e. The van der Waals surface area contributed by atoms with Gasteiger partial charge in [0.1, 0.15) is 0 Å². The van der Waals surface area contributed by atoms with Crippen molar-refractivity contribution in [3.05, 3.63) is 0 Å². The summed E-state index contributed by atoms with van der Waals surface area (Å²) in [4.78, 5) is 2.36. The maximum absolute atomic E-state index is 5.76. The number of nitrogens with zero attached hydrogens (tertiary/aromatic N) is 1. The van der Waals surface area contributed by atoms with E-state index in [0.717, 1.165) is 32.5 Å². The van der Waals surface area contributed by atoms with Crippen LogP contribution in [0.2, 0.25) is 0 Å². The molecule has 0 aromatic rings. The summed E-state index contributed by atoms with van der Waals surface area (Å²) in [7, 11) is 0. The minimum Gasteiger partial charge on any atom is -0.328 e. The summed E-state index contributed by atoms with van der Waals surface area (Å²) in [6, 6.07) is 0.431. The first kappa shape index (κ1) is 8.58. The van der Waals surface area contributed by atoms with Gasteiger partial charge in [-0.2, -0.15) is 0 Å². The molecule has 0 saturated carbocycles. The number of rotatable bonds is 1. The van der Waals surface area contributed by atoms with Crippen LogP contribution >= 0.6 is 0 Å². The molecule has 0 aromatic heterocycles. The normalized spacial score (nSPS) is 20.9. The van der Waals surface area contributed by atoms with Gasteiger partial charge in [0.2, 0.25) is 0 Å². The Morgan fingerprint density at radius 3 is 2.64 bits per heavy atom. The Morgan fingerprint density at radius 1 is 1.45 bits per heavy atom. The minimum atomic E-state index is 0.431. The molecule has 1 fully saturated rings. The molecule has 0 aromatic carbocycles. The fraction of sp³-hybridized carbons (Fsp3) is 0.778. The van der Waals surface area contributed by atoms with Crippen molar-refractivity contribution in [1.29, 1.82) is 0 Å². The van der Waals surface area contributed by atoms with Crippen molar-refractivity contribution in [2.45, 2.75) is 25.8 Å². The van der Waals surface area contributed by atoms with Crippen LogP contribution in [-0.2, 0) is 0 Å². The van der Waals surface area contributed by atoms with Crippen molar-refractivity contribution in [2.24, 2.45) is 5.73 Å². The highest BCUT2D eigenvalue weighted by atomic mass is 15.1. The molecule has 0 aliphatic carbocycles. The number of hydrogen-bond donors (Lipinski definition) is 1. The van der Waals surface area contributed by atoms with Gasteiger partial charge in [-0.1, -0.05) is 5.92 Å². The van der Waals surface area contributed by atoms with Gasteiger partial charge in [-0.25, -0.2) is 0 Å². The van der Waals surface area contributed by atoms with Crippen LogP contribution in [-0.4, -0.2) is 30.6 Å². The largest absolute Gasteiger partial charge is 0.328 e. The zero-order valence-corrected chi connectivity index (χ0v) is 7.14. The molecule has 62 valence electrons. The average Bonchev–Trinajstić information content (AvgIpc) is 2.04. The van der Waals surface area contributed by atoms with E-state index in [0.29, 0.717) is 6.04 Å². The van der Waals surface area contributed by atoms with Gasteiger partial charge in [-0.3, -0.25) is 4.90 Å². The van der Waals surface area contributed by atoms with Crippen LogP contribution in [0.25, 0.3) is 0 Å². The van der Waals surface area contributed by atoms with Crippen LogP contribution in [0.15, 0.2) is 0 Å². The fourth-order valence-electron chi connectivity index (χ4n) is 1.30. The minimum absolute atomic E-state index is 0.431. The molecule has 0 atom stereocenters. The predicted molar refractivity (Wildman–Crippen MR) is 47.1 cm³/mol. The quantitative estimate of drug-likeness (QED) is 0.552. The SMILES string of the molecule is CC#CCN1CCC(N)CC1. The predicted octanol–water partition coefficient (Wildman–Crippen LogP) is 0.433. The molecule has 1 aliphatic heterocycles. The molecule has 0 unspecified atom stereocenters. The van der Waals surface area contributed by atoms with Crippen molar-refractivity contribution in [1.82, 2.24) is 4.90 Å². The lowest BCUT2D eigenvalue weighted by Crippen LogP contribution is -2.39. The Morgan fingerprint density at radius 2 is 2.09 bits per heavy atom. The van der Waals surface area contributed by atoms with Crippen LogP contribution in [0.4, 0.5) is 0 Å².